The molecular weight excluding hydrogens is 623 g/mol. The Bertz CT molecular complexity index is 1270. The Kier molecular flexibility index (Phi) is 10.2. The van der Waals surface area contributed by atoms with Crippen LogP contribution in [0, 0.1) is 34.5 Å². The van der Waals surface area contributed by atoms with E-state index < -0.39 is 30.6 Å². The number of rotatable bonds is 11. The van der Waals surface area contributed by atoms with E-state index in [1.54, 1.807) is 0 Å². The van der Waals surface area contributed by atoms with Crippen molar-refractivity contribution in [1.29, 1.82) is 0 Å². The Morgan fingerprint density at radius 1 is 0.870 bits per heavy atom. The first-order valence-corrected chi connectivity index (χ1v) is 28.3. The predicted octanol–water partition coefficient (Wildman–Crippen LogP) is 9.44. The SMILES string of the molecule is C[C@]12CC[C@@H](O[Si](C)(C)C)C[C@@H]1CC[C@@H]1[C@@H]2C(=O)C[C@@]2(C)[C@H]1CC[C@]2(O[Si](C)(C)C)/C(CO[Si](C)(C)C)=N\OCc1ccccc1. The Labute approximate surface area is 283 Å². The Morgan fingerprint density at radius 3 is 2.20 bits per heavy atom. The van der Waals surface area contributed by atoms with Gasteiger partial charge in [-0.25, -0.2) is 0 Å². The van der Waals surface area contributed by atoms with E-state index >= 15 is 0 Å². The summed E-state index contributed by atoms with van der Waals surface area (Å²) in [5.41, 5.74) is 0.957. The molecule has 258 valence electrons. The second-order valence-electron chi connectivity index (χ2n) is 18.5. The number of hydrogen-bond acceptors (Lipinski definition) is 6. The van der Waals surface area contributed by atoms with Crippen LogP contribution in [0.2, 0.25) is 58.9 Å². The van der Waals surface area contributed by atoms with Crippen LogP contribution in [0.15, 0.2) is 35.5 Å². The fourth-order valence-corrected chi connectivity index (χ4v) is 13.4. The van der Waals surface area contributed by atoms with Gasteiger partial charge in [0.1, 0.15) is 23.7 Å². The van der Waals surface area contributed by atoms with Crippen molar-refractivity contribution in [2.75, 3.05) is 6.61 Å². The van der Waals surface area contributed by atoms with Crippen LogP contribution >= 0.6 is 0 Å². The van der Waals surface area contributed by atoms with Crippen LogP contribution in [0.3, 0.4) is 0 Å². The number of Topliss-reactive ketones (excluding diaryl/α,β-unsaturated/α-hetero) is 1. The van der Waals surface area contributed by atoms with Crippen LogP contribution in [0.5, 0.6) is 0 Å². The third kappa shape index (κ3) is 7.39. The van der Waals surface area contributed by atoms with Crippen molar-refractivity contribution in [2.24, 2.45) is 39.7 Å². The molecule has 0 bridgehead atoms. The highest BCUT2D eigenvalue weighted by Gasteiger charge is 2.70. The molecular formula is C37H63NO5Si3. The van der Waals surface area contributed by atoms with Gasteiger partial charge < -0.3 is 18.1 Å². The molecule has 0 spiro atoms. The summed E-state index contributed by atoms with van der Waals surface area (Å²) < 4.78 is 20.6. The van der Waals surface area contributed by atoms with Gasteiger partial charge in [-0.1, -0.05) is 49.3 Å². The van der Waals surface area contributed by atoms with Crippen molar-refractivity contribution < 1.29 is 22.9 Å². The number of oxime groups is 1. The fourth-order valence-electron chi connectivity index (χ4n) is 10.1. The first-order chi connectivity index (χ1) is 21.3. The highest BCUT2D eigenvalue weighted by molar-refractivity contribution is 6.70. The van der Waals surface area contributed by atoms with E-state index in [1.165, 1.54) is 6.42 Å². The normalized spacial score (nSPS) is 37.0. The number of fused-ring (bicyclic) bond motifs is 5. The van der Waals surface area contributed by atoms with Gasteiger partial charge in [0.15, 0.2) is 25.0 Å². The van der Waals surface area contributed by atoms with Crippen molar-refractivity contribution in [1.82, 2.24) is 0 Å². The molecule has 4 fully saturated rings. The van der Waals surface area contributed by atoms with Gasteiger partial charge >= 0.3 is 0 Å². The Morgan fingerprint density at radius 2 is 1.57 bits per heavy atom. The summed E-state index contributed by atoms with van der Waals surface area (Å²) in [6.45, 7) is 26.0. The maximum absolute atomic E-state index is 14.8. The van der Waals surface area contributed by atoms with Gasteiger partial charge in [-0.15, -0.1) is 0 Å². The number of benzene rings is 1. The van der Waals surface area contributed by atoms with Crippen molar-refractivity contribution in [3.63, 3.8) is 0 Å². The first kappa shape index (κ1) is 36.2. The molecule has 46 heavy (non-hydrogen) atoms. The van der Waals surface area contributed by atoms with Gasteiger partial charge in [0, 0.05) is 23.9 Å². The zero-order chi connectivity index (χ0) is 33.8. The summed E-state index contributed by atoms with van der Waals surface area (Å²) in [6, 6.07) is 10.2. The van der Waals surface area contributed by atoms with Gasteiger partial charge in [0.25, 0.3) is 0 Å². The molecule has 0 radical (unpaired) electrons. The molecule has 5 rings (SSSR count). The Balaban J connectivity index is 1.49. The summed E-state index contributed by atoms with van der Waals surface area (Å²) in [6.07, 6.45) is 8.46. The van der Waals surface area contributed by atoms with E-state index in [0.29, 0.717) is 49.3 Å². The molecule has 4 aliphatic carbocycles. The number of hydrogen-bond donors (Lipinski definition) is 0. The molecule has 0 saturated heterocycles. The van der Waals surface area contributed by atoms with Crippen LogP contribution < -0.4 is 0 Å². The third-order valence-electron chi connectivity index (χ3n) is 11.8. The van der Waals surface area contributed by atoms with Crippen LogP contribution in [0.4, 0.5) is 0 Å². The lowest BCUT2D eigenvalue weighted by Gasteiger charge is -2.61. The number of nitrogens with zero attached hydrogens (tertiary/aromatic N) is 1. The molecule has 0 aromatic heterocycles. The monoisotopic (exact) mass is 685 g/mol. The highest BCUT2D eigenvalue weighted by atomic mass is 28.4. The van der Waals surface area contributed by atoms with E-state index in [9.17, 15) is 4.79 Å². The standard InChI is InChI=1S/C37H63NO5Si3/c1-35-21-19-29(42-45(6,7)8)23-28(35)17-18-30-31-20-22-37(43-46(9,10)11,36(31,2)24-32(39)34(30)35)33(26-41-44(3,4)5)38-40-25-27-15-13-12-14-16-27/h12-16,28-31,34H,17-26H2,1-11H3/b38-33-/t28-,29+,30-,31-,34+,35-,36-,37-/m0/s1. The summed E-state index contributed by atoms with van der Waals surface area (Å²) in [7, 11) is -5.58. The van der Waals surface area contributed by atoms with Crippen LogP contribution in [0.25, 0.3) is 0 Å². The topological polar surface area (TPSA) is 66.4 Å². The second kappa shape index (κ2) is 13.0. The second-order valence-corrected chi connectivity index (χ2v) is 31.9. The van der Waals surface area contributed by atoms with Gasteiger partial charge in [-0.3, -0.25) is 4.79 Å². The average Bonchev–Trinajstić information content (AvgIpc) is 3.20. The van der Waals surface area contributed by atoms with Crippen molar-refractivity contribution in [3.05, 3.63) is 35.9 Å². The van der Waals surface area contributed by atoms with Gasteiger partial charge in [0.2, 0.25) is 0 Å². The molecule has 9 heteroatoms. The van der Waals surface area contributed by atoms with Crippen LogP contribution in [-0.2, 0) is 29.5 Å². The van der Waals surface area contributed by atoms with Gasteiger partial charge in [-0.05, 0) is 133 Å². The zero-order valence-electron chi connectivity index (χ0n) is 30.8. The summed E-state index contributed by atoms with van der Waals surface area (Å²) in [5.74, 6) is 1.95. The van der Waals surface area contributed by atoms with Gasteiger partial charge in [-0.2, -0.15) is 0 Å². The number of ketones is 1. The van der Waals surface area contributed by atoms with Crippen LogP contribution in [0.1, 0.15) is 70.8 Å². The lowest BCUT2D eigenvalue weighted by Crippen LogP contribution is -2.64. The fraction of sp³-hybridized carbons (Fsp3) is 0.784. The highest BCUT2D eigenvalue weighted by Crippen LogP contribution is 2.68. The van der Waals surface area contributed by atoms with E-state index in [2.05, 4.69) is 84.9 Å². The number of carbonyl (C=O) groups is 1. The Hall–Kier alpha value is -1.11. The van der Waals surface area contributed by atoms with Crippen molar-refractivity contribution >= 4 is 36.4 Å². The molecule has 1 aromatic carbocycles. The lowest BCUT2D eigenvalue weighted by atomic mass is 9.44. The van der Waals surface area contributed by atoms with E-state index in [0.717, 1.165) is 49.8 Å². The largest absolute Gasteiger partial charge is 0.415 e. The summed E-state index contributed by atoms with van der Waals surface area (Å²) in [5, 5.41) is 4.93. The molecule has 0 aliphatic heterocycles. The molecule has 0 unspecified atom stereocenters. The maximum Gasteiger partial charge on any atom is 0.185 e. The molecule has 0 amide bonds. The molecule has 4 aliphatic rings. The molecule has 8 atom stereocenters. The quantitative estimate of drug-likeness (QED) is 0.132. The first-order valence-electron chi connectivity index (χ1n) is 18.0. The van der Waals surface area contributed by atoms with Crippen molar-refractivity contribution in [3.8, 4) is 0 Å². The lowest BCUT2D eigenvalue weighted by molar-refractivity contribution is -0.166. The molecule has 1 aromatic rings. The molecule has 0 N–H and O–H groups in total. The average molecular weight is 686 g/mol. The number of carbonyl (C=O) groups excluding carboxylic acids is 1. The summed E-state index contributed by atoms with van der Waals surface area (Å²) >= 11 is 0. The zero-order valence-corrected chi connectivity index (χ0v) is 33.8. The molecule has 0 heterocycles. The minimum absolute atomic E-state index is 0.0577. The van der Waals surface area contributed by atoms with Gasteiger partial charge in [0.05, 0.1) is 6.61 Å². The smallest absolute Gasteiger partial charge is 0.185 e. The minimum atomic E-state index is -2.10. The molecule has 4 saturated carbocycles. The van der Waals surface area contributed by atoms with Crippen LogP contribution in [-0.4, -0.2) is 54.8 Å². The molecule has 6 nitrogen and oxygen atoms in total. The third-order valence-corrected chi connectivity index (χ3v) is 14.8. The van der Waals surface area contributed by atoms with E-state index in [4.69, 9.17) is 23.3 Å². The minimum Gasteiger partial charge on any atom is -0.415 e. The van der Waals surface area contributed by atoms with E-state index in [-0.39, 0.29) is 16.7 Å². The van der Waals surface area contributed by atoms with Crippen molar-refractivity contribution in [2.45, 2.75) is 142 Å². The maximum atomic E-state index is 14.8. The predicted molar refractivity (Wildman–Crippen MR) is 195 cm³/mol. The summed E-state index contributed by atoms with van der Waals surface area (Å²) in [4.78, 5) is 20.9. The van der Waals surface area contributed by atoms with E-state index in [1.807, 2.05) is 18.2 Å².